The van der Waals surface area contributed by atoms with Gasteiger partial charge in [-0.05, 0) is 12.5 Å². The van der Waals surface area contributed by atoms with Gasteiger partial charge in [-0.1, -0.05) is 12.1 Å². The summed E-state index contributed by atoms with van der Waals surface area (Å²) < 4.78 is 39.4. The van der Waals surface area contributed by atoms with Gasteiger partial charge in [0.25, 0.3) is 5.91 Å². The quantitative estimate of drug-likeness (QED) is 0.667. The molecule has 2 aromatic heterocycles. The van der Waals surface area contributed by atoms with Crippen molar-refractivity contribution >= 4 is 17.0 Å². The lowest BCUT2D eigenvalue weighted by Crippen LogP contribution is -2.27. The number of methoxy groups -OCH3 is 1. The number of carbonyl (C=O) groups excluding carboxylic acids is 1. The van der Waals surface area contributed by atoms with E-state index < -0.39 is 11.6 Å². The van der Waals surface area contributed by atoms with E-state index in [0.717, 1.165) is 6.07 Å². The van der Waals surface area contributed by atoms with Gasteiger partial charge in [0, 0.05) is 38.0 Å². The maximum atomic E-state index is 14.0. The molecular formula is C18H18F2N2O3. The van der Waals surface area contributed by atoms with E-state index in [1.807, 2.05) is 0 Å². The van der Waals surface area contributed by atoms with Crippen LogP contribution >= 0.6 is 0 Å². The van der Waals surface area contributed by atoms with Crippen LogP contribution in [-0.2, 0) is 11.3 Å². The molecule has 1 N–H and O–H groups in total. The number of carbonyl (C=O) groups is 1. The molecule has 0 unspecified atom stereocenters. The van der Waals surface area contributed by atoms with Crippen LogP contribution in [0.25, 0.3) is 11.1 Å². The number of hydrogen-bond donors (Lipinski definition) is 1. The van der Waals surface area contributed by atoms with E-state index in [1.165, 1.54) is 18.4 Å². The van der Waals surface area contributed by atoms with E-state index in [9.17, 15) is 13.6 Å². The number of benzene rings is 1. The minimum Gasteiger partial charge on any atom is -0.463 e. The van der Waals surface area contributed by atoms with Crippen LogP contribution in [0.2, 0.25) is 0 Å². The normalized spacial score (nSPS) is 11.2. The molecule has 132 valence electrons. The topological polar surface area (TPSA) is 56.4 Å². The molecule has 1 aromatic carbocycles. The van der Waals surface area contributed by atoms with Crippen molar-refractivity contribution < 1.29 is 22.7 Å². The smallest absolute Gasteiger partial charge is 0.268 e. The van der Waals surface area contributed by atoms with Crippen LogP contribution < -0.4 is 5.32 Å². The third-order valence-corrected chi connectivity index (χ3v) is 3.93. The Morgan fingerprint density at radius 3 is 2.96 bits per heavy atom. The van der Waals surface area contributed by atoms with E-state index >= 15 is 0 Å². The second-order valence-corrected chi connectivity index (χ2v) is 5.60. The zero-order chi connectivity index (χ0) is 17.8. The van der Waals surface area contributed by atoms with Crippen molar-refractivity contribution in [3.05, 3.63) is 59.5 Å². The molecule has 0 aliphatic carbocycles. The number of halogens is 2. The highest BCUT2D eigenvalue weighted by atomic mass is 19.2. The van der Waals surface area contributed by atoms with Gasteiger partial charge in [-0.3, -0.25) is 4.79 Å². The van der Waals surface area contributed by atoms with Crippen LogP contribution in [0.15, 0.2) is 41.0 Å². The van der Waals surface area contributed by atoms with Crippen LogP contribution in [0, 0.1) is 11.6 Å². The third-order valence-electron chi connectivity index (χ3n) is 3.93. The molecule has 0 fully saturated rings. The Balaban J connectivity index is 1.89. The lowest BCUT2D eigenvalue weighted by molar-refractivity contribution is 0.0940. The maximum Gasteiger partial charge on any atom is 0.268 e. The molecule has 0 spiro atoms. The molecule has 0 atom stereocenters. The van der Waals surface area contributed by atoms with E-state index in [2.05, 4.69) is 5.32 Å². The number of ether oxygens (including phenoxy) is 1. The predicted octanol–water partition coefficient (Wildman–Crippen LogP) is 3.33. The largest absolute Gasteiger partial charge is 0.463 e. The van der Waals surface area contributed by atoms with E-state index in [4.69, 9.17) is 9.15 Å². The Morgan fingerprint density at radius 1 is 1.32 bits per heavy atom. The molecule has 1 amide bonds. The number of hydrogen-bond acceptors (Lipinski definition) is 3. The molecule has 0 radical (unpaired) electrons. The molecule has 0 aliphatic heterocycles. The van der Waals surface area contributed by atoms with Crippen molar-refractivity contribution in [3.8, 4) is 0 Å². The Kier molecular flexibility index (Phi) is 5.14. The van der Waals surface area contributed by atoms with Gasteiger partial charge >= 0.3 is 0 Å². The summed E-state index contributed by atoms with van der Waals surface area (Å²) in [6, 6.07) is 7.27. The summed E-state index contributed by atoms with van der Waals surface area (Å²) in [5.41, 5.74) is 1.65. The van der Waals surface area contributed by atoms with E-state index in [1.54, 1.807) is 23.8 Å². The first-order valence-corrected chi connectivity index (χ1v) is 7.88. The second-order valence-electron chi connectivity index (χ2n) is 5.60. The van der Waals surface area contributed by atoms with Crippen molar-refractivity contribution in [2.45, 2.75) is 13.0 Å². The molecule has 0 saturated heterocycles. The summed E-state index contributed by atoms with van der Waals surface area (Å²) >= 11 is 0. The molecule has 0 saturated carbocycles. The number of amides is 1. The first-order chi connectivity index (χ1) is 12.1. The fourth-order valence-corrected chi connectivity index (χ4v) is 2.69. The zero-order valence-electron chi connectivity index (χ0n) is 13.7. The Morgan fingerprint density at radius 2 is 2.16 bits per heavy atom. The first-order valence-electron chi connectivity index (χ1n) is 7.88. The second kappa shape index (κ2) is 7.48. The molecular weight excluding hydrogens is 330 g/mol. The fraction of sp³-hybridized carbons (Fsp3) is 0.278. The average Bonchev–Trinajstić information content (AvgIpc) is 3.18. The zero-order valence-corrected chi connectivity index (χ0v) is 13.7. The van der Waals surface area contributed by atoms with Gasteiger partial charge in [0.05, 0.1) is 18.3 Å². The third kappa shape index (κ3) is 3.56. The molecule has 2 heterocycles. The van der Waals surface area contributed by atoms with Crippen LogP contribution in [0.1, 0.15) is 22.5 Å². The average molecular weight is 348 g/mol. The fourth-order valence-electron chi connectivity index (χ4n) is 2.69. The van der Waals surface area contributed by atoms with Crippen molar-refractivity contribution in [2.75, 3.05) is 20.3 Å². The van der Waals surface area contributed by atoms with Crippen LogP contribution in [0.5, 0.6) is 0 Å². The van der Waals surface area contributed by atoms with Gasteiger partial charge in [-0.2, -0.15) is 0 Å². The molecule has 3 rings (SSSR count). The van der Waals surface area contributed by atoms with Gasteiger partial charge < -0.3 is 19.0 Å². The highest BCUT2D eigenvalue weighted by molar-refractivity contribution is 5.97. The van der Waals surface area contributed by atoms with E-state index in [0.29, 0.717) is 36.4 Å². The van der Waals surface area contributed by atoms with Crippen molar-refractivity contribution in [3.63, 3.8) is 0 Å². The monoisotopic (exact) mass is 348 g/mol. The van der Waals surface area contributed by atoms with Gasteiger partial charge in [0.1, 0.15) is 5.69 Å². The van der Waals surface area contributed by atoms with Gasteiger partial charge in [0.15, 0.2) is 17.2 Å². The molecule has 7 heteroatoms. The number of nitrogens with one attached hydrogen (secondary N) is 1. The predicted molar refractivity (Wildman–Crippen MR) is 88.5 cm³/mol. The standard InChI is InChI=1S/C18H18F2N2O3/c1-24-8-3-7-21-18(23)15-10-16-14(6-9-25-16)22(15)11-12-4-2-5-13(19)17(12)20/h2,4-6,9-10H,3,7-8,11H2,1H3,(H,21,23). The summed E-state index contributed by atoms with van der Waals surface area (Å²) in [4.78, 5) is 12.5. The molecule has 0 aliphatic rings. The number of fused-ring (bicyclic) bond motifs is 1. The Labute approximate surface area is 143 Å². The summed E-state index contributed by atoms with van der Waals surface area (Å²) in [6.45, 7) is 1.01. The Hall–Kier alpha value is -2.67. The lowest BCUT2D eigenvalue weighted by Gasteiger charge is -2.11. The SMILES string of the molecule is COCCCNC(=O)c1cc2occc2n1Cc1cccc(F)c1F. The van der Waals surface area contributed by atoms with Crippen molar-refractivity contribution in [1.82, 2.24) is 9.88 Å². The van der Waals surface area contributed by atoms with Crippen LogP contribution in [-0.4, -0.2) is 30.7 Å². The maximum absolute atomic E-state index is 14.0. The minimum absolute atomic E-state index is 0.0213. The van der Waals surface area contributed by atoms with Gasteiger partial charge in [-0.15, -0.1) is 0 Å². The summed E-state index contributed by atoms with van der Waals surface area (Å²) in [7, 11) is 1.59. The number of nitrogens with zero attached hydrogens (tertiary/aromatic N) is 1. The van der Waals surface area contributed by atoms with E-state index in [-0.39, 0.29) is 18.0 Å². The van der Waals surface area contributed by atoms with Gasteiger partial charge in [-0.25, -0.2) is 8.78 Å². The molecule has 25 heavy (non-hydrogen) atoms. The minimum atomic E-state index is -0.918. The number of rotatable bonds is 7. The first kappa shape index (κ1) is 17.2. The van der Waals surface area contributed by atoms with Gasteiger partial charge in [0.2, 0.25) is 0 Å². The highest BCUT2D eigenvalue weighted by Crippen LogP contribution is 2.23. The highest BCUT2D eigenvalue weighted by Gasteiger charge is 2.19. The summed E-state index contributed by atoms with van der Waals surface area (Å²) in [6.07, 6.45) is 2.17. The van der Waals surface area contributed by atoms with Crippen LogP contribution in [0.4, 0.5) is 8.78 Å². The van der Waals surface area contributed by atoms with Crippen LogP contribution in [0.3, 0.4) is 0 Å². The summed E-state index contributed by atoms with van der Waals surface area (Å²) in [5, 5.41) is 2.79. The number of aromatic nitrogens is 1. The number of furan rings is 1. The Bertz CT molecular complexity index is 886. The summed E-state index contributed by atoms with van der Waals surface area (Å²) in [5.74, 6) is -2.14. The van der Waals surface area contributed by atoms with Crippen molar-refractivity contribution in [1.29, 1.82) is 0 Å². The molecule has 5 nitrogen and oxygen atoms in total. The lowest BCUT2D eigenvalue weighted by atomic mass is 10.2. The molecule has 0 bridgehead atoms. The molecule has 3 aromatic rings. The van der Waals surface area contributed by atoms with Crippen molar-refractivity contribution in [2.24, 2.45) is 0 Å².